The van der Waals surface area contributed by atoms with Gasteiger partial charge >= 0.3 is 11.9 Å². The first-order valence-corrected chi connectivity index (χ1v) is 25.2. The van der Waals surface area contributed by atoms with Crippen molar-refractivity contribution >= 4 is 11.9 Å². The molecule has 2 radical (unpaired) electrons. The maximum atomic E-state index is 12.7. The largest absolute Gasteiger partial charge is 0.494 e. The van der Waals surface area contributed by atoms with E-state index in [1.807, 2.05) is 55.4 Å². The van der Waals surface area contributed by atoms with Crippen LogP contribution in [-0.2, 0) is 29.5 Å². The zero-order valence-corrected chi connectivity index (χ0v) is 41.3. The van der Waals surface area contributed by atoms with Gasteiger partial charge in [0.1, 0.15) is 11.5 Å². The minimum absolute atomic E-state index is 0.141. The molecule has 2 fully saturated rings. The lowest BCUT2D eigenvalue weighted by molar-refractivity contribution is -0.293. The van der Waals surface area contributed by atoms with Crippen LogP contribution < -0.4 is 9.47 Å². The summed E-state index contributed by atoms with van der Waals surface area (Å²) in [6, 6.07) is 16.7. The van der Waals surface area contributed by atoms with Crippen LogP contribution >= 0.6 is 0 Å². The smallest absolute Gasteiger partial charge is 0.309 e. The third-order valence-corrected chi connectivity index (χ3v) is 13.5. The van der Waals surface area contributed by atoms with Crippen LogP contribution in [0, 0.1) is 11.8 Å². The van der Waals surface area contributed by atoms with Crippen molar-refractivity contribution < 1.29 is 39.0 Å². The molecule has 2 aliphatic rings. The minimum Gasteiger partial charge on any atom is -0.494 e. The number of piperidine rings is 2. The monoisotopic (exact) mass is 891 g/mol. The summed E-state index contributed by atoms with van der Waals surface area (Å²) in [5, 5.41) is 27.4. The van der Waals surface area contributed by atoms with Gasteiger partial charge in [-0.2, -0.15) is 0 Å². The average Bonchev–Trinajstić information content (AvgIpc) is 3.25. The van der Waals surface area contributed by atoms with Gasteiger partial charge in [0.15, 0.2) is 0 Å². The fraction of sp³-hybridized carbons (Fsp3) is 0.741. The molecule has 0 aromatic heterocycles. The summed E-state index contributed by atoms with van der Waals surface area (Å²) < 4.78 is 23.3. The number of nitrogens with zero attached hydrogens (tertiary/aromatic N) is 2. The maximum Gasteiger partial charge on any atom is 0.309 e. The lowest BCUT2D eigenvalue weighted by Crippen LogP contribution is -2.59. The highest BCUT2D eigenvalue weighted by Crippen LogP contribution is 2.42. The van der Waals surface area contributed by atoms with Gasteiger partial charge in [-0.1, -0.05) is 114 Å². The number of esters is 2. The molecule has 0 spiro atoms. The molecule has 0 saturated carbocycles. The van der Waals surface area contributed by atoms with E-state index in [1.165, 1.54) is 77.0 Å². The molecule has 2 saturated heterocycles. The molecule has 0 atom stereocenters. The molecule has 2 aromatic carbocycles. The van der Waals surface area contributed by atoms with Crippen molar-refractivity contribution in [2.24, 2.45) is 11.8 Å². The summed E-state index contributed by atoms with van der Waals surface area (Å²) in [6.07, 6.45) is 22.8. The fourth-order valence-electron chi connectivity index (χ4n) is 10.2. The first-order chi connectivity index (χ1) is 30.4. The number of hydrogen-bond acceptors (Lipinski definition) is 8. The molecular weight excluding hydrogens is 805 g/mol. The molecule has 0 unspecified atom stereocenters. The standard InChI is InChI=1S/C54H86N2O8/c1-51(2)39-45(40-52(3,4)55(51)59)49(57)63-37-25-21-17-13-9-11-15-19-23-35-61-47-31-27-43(28-32-47)44-29-33-48(34-30-44)62-36-24-20-16-12-10-14-18-22-26-38-64-50(58)46-41-53(5,6)56(60)54(7,8)42-46/h27-34,45-46H,9-26,35-42H2,1-8H3. The van der Waals surface area contributed by atoms with Gasteiger partial charge in [0.05, 0.1) is 38.3 Å². The predicted molar refractivity (Wildman–Crippen MR) is 255 cm³/mol. The van der Waals surface area contributed by atoms with E-state index < -0.39 is 22.2 Å². The number of ether oxygens (including phenoxy) is 4. The van der Waals surface area contributed by atoms with E-state index in [-0.39, 0.29) is 23.8 Å². The van der Waals surface area contributed by atoms with Crippen molar-refractivity contribution in [3.8, 4) is 22.6 Å². The molecule has 10 nitrogen and oxygen atoms in total. The lowest BCUT2D eigenvalue weighted by Gasteiger charge is -2.49. The van der Waals surface area contributed by atoms with E-state index in [4.69, 9.17) is 18.9 Å². The number of hydrogen-bond donors (Lipinski definition) is 0. The minimum atomic E-state index is -0.551. The van der Waals surface area contributed by atoms with Crippen molar-refractivity contribution in [2.45, 2.75) is 219 Å². The molecule has 0 amide bonds. The fourth-order valence-corrected chi connectivity index (χ4v) is 10.2. The van der Waals surface area contributed by atoms with E-state index in [1.54, 1.807) is 0 Å². The van der Waals surface area contributed by atoms with Crippen LogP contribution in [-0.4, -0.2) is 70.6 Å². The molecule has 2 aliphatic heterocycles. The Hall–Kier alpha value is -3.18. The third kappa shape index (κ3) is 17.9. The number of benzene rings is 2. The first-order valence-electron chi connectivity index (χ1n) is 25.2. The molecule has 0 bridgehead atoms. The lowest BCUT2D eigenvalue weighted by atomic mass is 9.75. The molecule has 2 aromatic rings. The van der Waals surface area contributed by atoms with Crippen LogP contribution in [0.1, 0.15) is 197 Å². The van der Waals surface area contributed by atoms with Gasteiger partial charge in [0.25, 0.3) is 0 Å². The van der Waals surface area contributed by atoms with Crippen molar-refractivity contribution in [1.29, 1.82) is 0 Å². The van der Waals surface area contributed by atoms with Crippen LogP contribution in [0.4, 0.5) is 0 Å². The molecular formula is C54H86N2O8. The van der Waals surface area contributed by atoms with Crippen LogP contribution in [0.3, 0.4) is 0 Å². The Labute approximate surface area is 388 Å². The van der Waals surface area contributed by atoms with Crippen LogP contribution in [0.2, 0.25) is 0 Å². The Morgan fingerprint density at radius 3 is 0.906 bits per heavy atom. The summed E-state index contributed by atoms with van der Waals surface area (Å²) in [4.78, 5) is 25.3. The van der Waals surface area contributed by atoms with E-state index in [9.17, 15) is 20.0 Å². The van der Waals surface area contributed by atoms with Gasteiger partial charge < -0.3 is 18.9 Å². The zero-order chi connectivity index (χ0) is 46.6. The van der Waals surface area contributed by atoms with Gasteiger partial charge in [0, 0.05) is 22.2 Å². The number of carbonyl (C=O) groups excluding carboxylic acids is 2. The molecule has 360 valence electrons. The SMILES string of the molecule is CC1(C)CC(C(=O)OCCCCCCCCCCCOc2ccc(-c3ccc(OCCCCCCCCCCCOC(=O)C4CC(C)(C)N([O])C(C)(C)C4)cc3)cc2)CC(C)(C)N1[O]. The Bertz CT molecular complexity index is 1480. The molecule has 64 heavy (non-hydrogen) atoms. The van der Waals surface area contributed by atoms with Gasteiger partial charge in [-0.3, -0.25) is 9.59 Å². The van der Waals surface area contributed by atoms with E-state index in [0.717, 1.165) is 84.5 Å². The van der Waals surface area contributed by atoms with Crippen molar-refractivity contribution in [1.82, 2.24) is 10.1 Å². The Balaban J connectivity index is 0.916. The van der Waals surface area contributed by atoms with Crippen molar-refractivity contribution in [3.05, 3.63) is 48.5 Å². The van der Waals surface area contributed by atoms with Crippen LogP contribution in [0.5, 0.6) is 11.5 Å². The quantitative estimate of drug-likeness (QED) is 0.0585. The van der Waals surface area contributed by atoms with Gasteiger partial charge in [-0.15, -0.1) is 20.5 Å². The second-order valence-electron chi connectivity index (χ2n) is 21.5. The summed E-state index contributed by atoms with van der Waals surface area (Å²) in [5.74, 6) is 1.14. The second-order valence-corrected chi connectivity index (χ2v) is 21.5. The highest BCUT2D eigenvalue weighted by molar-refractivity contribution is 5.73. The normalized spacial score (nSPS) is 18.7. The van der Waals surface area contributed by atoms with Gasteiger partial charge in [-0.25, -0.2) is 0 Å². The number of carbonyl (C=O) groups is 2. The Morgan fingerprint density at radius 2 is 0.641 bits per heavy atom. The maximum absolute atomic E-state index is 12.7. The van der Waals surface area contributed by atoms with Crippen LogP contribution in [0.15, 0.2) is 48.5 Å². The van der Waals surface area contributed by atoms with E-state index in [0.29, 0.717) is 38.9 Å². The number of rotatable bonds is 29. The highest BCUT2D eigenvalue weighted by atomic mass is 16.5. The van der Waals surface area contributed by atoms with Gasteiger partial charge in [0.2, 0.25) is 0 Å². The van der Waals surface area contributed by atoms with Crippen LogP contribution in [0.25, 0.3) is 11.1 Å². The number of unbranched alkanes of at least 4 members (excludes halogenated alkanes) is 16. The molecule has 0 N–H and O–H groups in total. The van der Waals surface area contributed by atoms with Crippen molar-refractivity contribution in [2.75, 3.05) is 26.4 Å². The number of hydroxylamine groups is 4. The summed E-state index contributed by atoms with van der Waals surface area (Å²) >= 11 is 0. The molecule has 10 heteroatoms. The first kappa shape index (κ1) is 53.4. The molecule has 0 aliphatic carbocycles. The molecule has 4 rings (SSSR count). The van der Waals surface area contributed by atoms with Gasteiger partial charge in [-0.05, 0) is 142 Å². The predicted octanol–water partition coefficient (Wildman–Crippen LogP) is 13.4. The summed E-state index contributed by atoms with van der Waals surface area (Å²) in [6.45, 7) is 17.8. The topological polar surface area (TPSA) is 117 Å². The zero-order valence-electron chi connectivity index (χ0n) is 41.3. The summed E-state index contributed by atoms with van der Waals surface area (Å²) in [5.41, 5.74) is 0.124. The highest BCUT2D eigenvalue weighted by Gasteiger charge is 2.49. The Kier molecular flexibility index (Phi) is 21.9. The Morgan fingerprint density at radius 1 is 0.406 bits per heavy atom. The van der Waals surface area contributed by atoms with E-state index in [2.05, 4.69) is 48.5 Å². The molecule has 2 heterocycles. The second kappa shape index (κ2) is 26.2. The summed E-state index contributed by atoms with van der Waals surface area (Å²) in [7, 11) is 0. The van der Waals surface area contributed by atoms with Crippen molar-refractivity contribution in [3.63, 3.8) is 0 Å². The van der Waals surface area contributed by atoms with E-state index >= 15 is 0 Å². The average molecular weight is 891 g/mol. The third-order valence-electron chi connectivity index (χ3n) is 13.5.